The fourth-order valence-corrected chi connectivity index (χ4v) is 5.33. The number of rotatable bonds is 13. The van der Waals surface area contributed by atoms with Crippen LogP contribution in [0.25, 0.3) is 0 Å². The van der Waals surface area contributed by atoms with Crippen LogP contribution in [0.4, 0.5) is 0 Å². The Morgan fingerprint density at radius 2 is 1.76 bits per heavy atom. The van der Waals surface area contributed by atoms with E-state index in [1.165, 1.54) is 11.3 Å². The molecule has 0 spiro atoms. The maximum Gasteiger partial charge on any atom is 0.253 e. The van der Waals surface area contributed by atoms with E-state index in [1.54, 1.807) is 36.2 Å². The fourth-order valence-electron chi connectivity index (χ4n) is 4.50. The van der Waals surface area contributed by atoms with Crippen molar-refractivity contribution < 1.29 is 14.7 Å². The van der Waals surface area contributed by atoms with E-state index in [1.807, 2.05) is 55.0 Å². The number of hydrogen-bond acceptors (Lipinski definition) is 7. The number of amides is 2. The maximum atomic E-state index is 13.4. The molecule has 0 fully saturated rings. The summed E-state index contributed by atoms with van der Waals surface area (Å²) in [6.07, 6.45) is 4.18. The van der Waals surface area contributed by atoms with Crippen LogP contribution in [0.2, 0.25) is 0 Å². The van der Waals surface area contributed by atoms with Crippen LogP contribution >= 0.6 is 11.3 Å². The monoisotopic (exact) mass is 571 g/mol. The van der Waals surface area contributed by atoms with Gasteiger partial charge in [-0.1, -0.05) is 49.4 Å². The van der Waals surface area contributed by atoms with Crippen LogP contribution in [-0.2, 0) is 25.9 Å². The summed E-state index contributed by atoms with van der Waals surface area (Å²) in [5.41, 5.74) is 4.89. The standard InChI is InChI=1S/C32H37N5O3S/c1-4-23-13-25(17-33-16-23)18-34-19-29(38)28(14-24-9-6-5-7-10-24)36-31(39)26-11-8-12-27(15-26)32(40)37(3)20-30-35-22(2)21-41-30/h5-13,15-17,21,28-29,34,38H,4,14,18-20H2,1-3H3,(H,36,39)/t28-,29+/m0/s1. The number of hydrogen-bond donors (Lipinski definition) is 3. The van der Waals surface area contributed by atoms with E-state index >= 15 is 0 Å². The van der Waals surface area contributed by atoms with Crippen LogP contribution in [-0.4, -0.2) is 57.5 Å². The van der Waals surface area contributed by atoms with Gasteiger partial charge in [-0.2, -0.15) is 0 Å². The minimum Gasteiger partial charge on any atom is -0.390 e. The number of carbonyl (C=O) groups is 2. The van der Waals surface area contributed by atoms with Crippen molar-refractivity contribution in [2.75, 3.05) is 13.6 Å². The highest BCUT2D eigenvalue weighted by Gasteiger charge is 2.23. The average molecular weight is 572 g/mol. The zero-order chi connectivity index (χ0) is 29.2. The van der Waals surface area contributed by atoms with Crippen LogP contribution in [0.3, 0.4) is 0 Å². The molecule has 214 valence electrons. The van der Waals surface area contributed by atoms with Gasteiger partial charge < -0.3 is 20.6 Å². The number of carbonyl (C=O) groups excluding carboxylic acids is 2. The molecule has 3 N–H and O–H groups in total. The third-order valence-electron chi connectivity index (χ3n) is 6.78. The van der Waals surface area contributed by atoms with Gasteiger partial charge in [0.2, 0.25) is 0 Å². The number of aryl methyl sites for hydroxylation is 2. The topological polar surface area (TPSA) is 107 Å². The quantitative estimate of drug-likeness (QED) is 0.222. The van der Waals surface area contributed by atoms with Gasteiger partial charge >= 0.3 is 0 Å². The fraction of sp³-hybridized carbons (Fsp3) is 0.312. The lowest BCUT2D eigenvalue weighted by Gasteiger charge is -2.25. The van der Waals surface area contributed by atoms with E-state index in [-0.39, 0.29) is 18.4 Å². The lowest BCUT2D eigenvalue weighted by Crippen LogP contribution is -2.48. The third kappa shape index (κ3) is 8.78. The van der Waals surface area contributed by atoms with Gasteiger partial charge in [0.15, 0.2) is 0 Å². The van der Waals surface area contributed by atoms with Gasteiger partial charge in [-0.3, -0.25) is 14.6 Å². The molecule has 9 heteroatoms. The zero-order valence-electron chi connectivity index (χ0n) is 23.7. The van der Waals surface area contributed by atoms with Gasteiger partial charge in [-0.25, -0.2) is 4.98 Å². The Balaban J connectivity index is 1.42. The smallest absolute Gasteiger partial charge is 0.253 e. The van der Waals surface area contributed by atoms with Gasteiger partial charge in [0.25, 0.3) is 11.8 Å². The molecule has 4 rings (SSSR count). The molecule has 0 saturated carbocycles. The number of nitrogens with zero attached hydrogens (tertiary/aromatic N) is 3. The molecule has 41 heavy (non-hydrogen) atoms. The Bertz CT molecular complexity index is 1440. The lowest BCUT2D eigenvalue weighted by molar-refractivity contribution is 0.0784. The van der Waals surface area contributed by atoms with E-state index in [4.69, 9.17) is 0 Å². The van der Waals surface area contributed by atoms with Gasteiger partial charge in [0.05, 0.1) is 18.7 Å². The average Bonchev–Trinajstić information content (AvgIpc) is 3.41. The minimum atomic E-state index is -0.848. The molecular formula is C32H37N5O3S. The number of aromatic nitrogens is 2. The first-order chi connectivity index (χ1) is 19.8. The predicted octanol–water partition coefficient (Wildman–Crippen LogP) is 4.17. The van der Waals surface area contributed by atoms with E-state index in [2.05, 4.69) is 33.6 Å². The number of pyridine rings is 1. The van der Waals surface area contributed by atoms with Crippen molar-refractivity contribution in [2.24, 2.45) is 0 Å². The Kier molecular flexibility index (Phi) is 10.7. The van der Waals surface area contributed by atoms with Crippen LogP contribution in [0, 0.1) is 6.92 Å². The van der Waals surface area contributed by atoms with Crippen molar-refractivity contribution in [1.29, 1.82) is 0 Å². The second-order valence-corrected chi connectivity index (χ2v) is 11.1. The number of benzene rings is 2. The Hall–Kier alpha value is -3.92. The summed E-state index contributed by atoms with van der Waals surface area (Å²) in [6.45, 7) is 5.24. The summed E-state index contributed by atoms with van der Waals surface area (Å²) in [6, 6.07) is 18.0. The van der Waals surface area contributed by atoms with E-state index in [0.29, 0.717) is 30.6 Å². The highest BCUT2D eigenvalue weighted by Crippen LogP contribution is 2.15. The molecule has 0 aliphatic rings. The normalized spacial score (nSPS) is 12.5. The van der Waals surface area contributed by atoms with Crippen molar-refractivity contribution in [3.8, 4) is 0 Å². The predicted molar refractivity (Wildman–Crippen MR) is 162 cm³/mol. The first kappa shape index (κ1) is 30.0. The molecule has 2 atom stereocenters. The van der Waals surface area contributed by atoms with Crippen molar-refractivity contribution in [3.05, 3.63) is 117 Å². The maximum absolute atomic E-state index is 13.4. The third-order valence-corrected chi connectivity index (χ3v) is 7.73. The molecule has 0 aliphatic carbocycles. The van der Waals surface area contributed by atoms with Crippen LogP contribution in [0.5, 0.6) is 0 Å². The zero-order valence-corrected chi connectivity index (χ0v) is 24.5. The van der Waals surface area contributed by atoms with Crippen molar-refractivity contribution in [2.45, 2.75) is 51.9 Å². The molecule has 8 nitrogen and oxygen atoms in total. The molecular weight excluding hydrogens is 534 g/mol. The molecule has 2 aromatic heterocycles. The highest BCUT2D eigenvalue weighted by molar-refractivity contribution is 7.09. The summed E-state index contributed by atoms with van der Waals surface area (Å²) in [5, 5.41) is 20.3. The largest absolute Gasteiger partial charge is 0.390 e. The molecule has 2 aromatic carbocycles. The molecule has 0 aliphatic heterocycles. The number of aliphatic hydroxyl groups excluding tert-OH is 1. The second kappa shape index (κ2) is 14.6. The van der Waals surface area contributed by atoms with E-state index in [9.17, 15) is 14.7 Å². The Morgan fingerprint density at radius 3 is 2.49 bits per heavy atom. The first-order valence-electron chi connectivity index (χ1n) is 13.7. The minimum absolute atomic E-state index is 0.195. The molecule has 2 heterocycles. The summed E-state index contributed by atoms with van der Waals surface area (Å²) in [7, 11) is 1.72. The Morgan fingerprint density at radius 1 is 1.00 bits per heavy atom. The molecule has 4 aromatic rings. The molecule has 0 radical (unpaired) electrons. The van der Waals surface area contributed by atoms with Crippen molar-refractivity contribution in [1.82, 2.24) is 25.5 Å². The van der Waals surface area contributed by atoms with Gasteiger partial charge in [0.1, 0.15) is 5.01 Å². The van der Waals surface area contributed by atoms with E-state index < -0.39 is 12.1 Å². The van der Waals surface area contributed by atoms with Gasteiger partial charge in [-0.15, -0.1) is 11.3 Å². The summed E-state index contributed by atoms with van der Waals surface area (Å²) in [5.74, 6) is -0.545. The van der Waals surface area contributed by atoms with Crippen molar-refractivity contribution in [3.63, 3.8) is 0 Å². The highest BCUT2D eigenvalue weighted by atomic mass is 32.1. The summed E-state index contributed by atoms with van der Waals surface area (Å²) >= 11 is 1.51. The van der Waals surface area contributed by atoms with Crippen LogP contribution < -0.4 is 10.6 Å². The number of nitrogens with one attached hydrogen (secondary N) is 2. The van der Waals surface area contributed by atoms with Crippen LogP contribution in [0.15, 0.2) is 78.4 Å². The number of aliphatic hydroxyl groups is 1. The SMILES string of the molecule is CCc1cncc(CNC[C@@H](O)[C@H](Cc2ccccc2)NC(=O)c2cccc(C(=O)N(C)Cc3nc(C)cs3)c2)c1. The lowest BCUT2D eigenvalue weighted by atomic mass is 10.00. The van der Waals surface area contributed by atoms with Gasteiger partial charge in [0, 0.05) is 54.7 Å². The molecule has 0 saturated heterocycles. The van der Waals surface area contributed by atoms with Gasteiger partial charge in [-0.05, 0) is 54.7 Å². The Labute approximate surface area is 245 Å². The first-order valence-corrected chi connectivity index (χ1v) is 14.6. The summed E-state index contributed by atoms with van der Waals surface area (Å²) in [4.78, 5) is 36.8. The molecule has 2 amide bonds. The van der Waals surface area contributed by atoms with Crippen LogP contribution in [0.1, 0.15) is 55.0 Å². The number of thiazole rings is 1. The van der Waals surface area contributed by atoms with Crippen molar-refractivity contribution >= 4 is 23.2 Å². The van der Waals surface area contributed by atoms with E-state index in [0.717, 1.165) is 33.8 Å². The molecule has 0 bridgehead atoms. The summed E-state index contributed by atoms with van der Waals surface area (Å²) < 4.78 is 0. The molecule has 0 unspecified atom stereocenters. The second-order valence-electron chi connectivity index (χ2n) is 10.1.